The van der Waals surface area contributed by atoms with Crippen LogP contribution in [-0.4, -0.2) is 56.9 Å². The number of carbonyl (C=O) groups is 1. The lowest BCUT2D eigenvalue weighted by Crippen LogP contribution is -2.48. The number of nitriles is 1. The monoisotopic (exact) mass is 373 g/mol. The minimum Gasteiger partial charge on any atom is -0.493 e. The second-order valence-electron chi connectivity index (χ2n) is 6.53. The molecule has 0 aromatic heterocycles. The number of amides is 1. The second-order valence-corrected chi connectivity index (χ2v) is 6.53. The molecule has 1 aromatic rings. The summed E-state index contributed by atoms with van der Waals surface area (Å²) in [5.41, 5.74) is 1.16. The first-order chi connectivity index (χ1) is 13.0. The zero-order valence-corrected chi connectivity index (χ0v) is 16.3. The summed E-state index contributed by atoms with van der Waals surface area (Å²) in [5, 5.41) is 12.4. The standard InChI is InChI=1S/C20H27N3O4/c1-14-12-23(13-15(2)27-14)20(24)17(10-21)11-22-8-7-16-5-6-18(25-3)19(9-16)26-4/h5-6,9,11,14-15,22H,7-8,12-13H2,1-4H3/b17-11-. The first kappa shape index (κ1) is 20.6. The van der Waals surface area contributed by atoms with Gasteiger partial charge >= 0.3 is 0 Å². The maximum Gasteiger partial charge on any atom is 0.266 e. The lowest BCUT2D eigenvalue weighted by molar-refractivity contribution is -0.138. The van der Waals surface area contributed by atoms with Crippen molar-refractivity contribution in [1.82, 2.24) is 10.2 Å². The number of carbonyl (C=O) groups excluding carboxylic acids is 1. The van der Waals surface area contributed by atoms with E-state index in [0.29, 0.717) is 31.1 Å². The fourth-order valence-electron chi connectivity index (χ4n) is 3.08. The van der Waals surface area contributed by atoms with Gasteiger partial charge in [0, 0.05) is 25.8 Å². The van der Waals surface area contributed by atoms with Crippen molar-refractivity contribution in [3.8, 4) is 17.6 Å². The number of morpholine rings is 1. The Bertz CT molecular complexity index is 716. The number of rotatable bonds is 7. The smallest absolute Gasteiger partial charge is 0.266 e. The van der Waals surface area contributed by atoms with Gasteiger partial charge in [-0.3, -0.25) is 4.79 Å². The molecule has 1 fully saturated rings. The number of hydrogen-bond acceptors (Lipinski definition) is 6. The Balaban J connectivity index is 1.92. The average molecular weight is 373 g/mol. The van der Waals surface area contributed by atoms with Gasteiger partial charge in [-0.1, -0.05) is 6.07 Å². The minimum absolute atomic E-state index is 0.0318. The molecule has 0 radical (unpaired) electrons. The minimum atomic E-state index is -0.266. The fourth-order valence-corrected chi connectivity index (χ4v) is 3.08. The van der Waals surface area contributed by atoms with Gasteiger partial charge in [-0.05, 0) is 38.0 Å². The van der Waals surface area contributed by atoms with Crippen LogP contribution >= 0.6 is 0 Å². The Morgan fingerprint density at radius 3 is 2.56 bits per heavy atom. The van der Waals surface area contributed by atoms with E-state index in [2.05, 4.69) is 5.32 Å². The SMILES string of the molecule is COc1ccc(CCN/C=C(/C#N)C(=O)N2CC(C)OC(C)C2)cc1OC. The van der Waals surface area contributed by atoms with Crippen LogP contribution < -0.4 is 14.8 Å². The molecular weight excluding hydrogens is 346 g/mol. The molecule has 0 bridgehead atoms. The van der Waals surface area contributed by atoms with Crippen molar-refractivity contribution in [3.05, 3.63) is 35.5 Å². The van der Waals surface area contributed by atoms with Crippen molar-refractivity contribution in [2.75, 3.05) is 33.9 Å². The Labute approximate surface area is 160 Å². The highest BCUT2D eigenvalue weighted by molar-refractivity contribution is 5.97. The summed E-state index contributed by atoms with van der Waals surface area (Å²) < 4.78 is 16.2. The van der Waals surface area contributed by atoms with Crippen LogP contribution in [0.4, 0.5) is 0 Å². The normalized spacial score (nSPS) is 20.0. The van der Waals surface area contributed by atoms with E-state index in [1.165, 1.54) is 6.20 Å². The van der Waals surface area contributed by atoms with Crippen LogP contribution in [0.2, 0.25) is 0 Å². The molecule has 1 N–H and O–H groups in total. The topological polar surface area (TPSA) is 83.8 Å². The van der Waals surface area contributed by atoms with Crippen LogP contribution in [0.25, 0.3) is 0 Å². The van der Waals surface area contributed by atoms with Crippen LogP contribution in [-0.2, 0) is 16.0 Å². The van der Waals surface area contributed by atoms with Gasteiger partial charge in [0.2, 0.25) is 0 Å². The van der Waals surface area contributed by atoms with Crippen molar-refractivity contribution in [2.24, 2.45) is 0 Å². The molecule has 1 saturated heterocycles. The lowest BCUT2D eigenvalue weighted by atomic mass is 10.1. The van der Waals surface area contributed by atoms with E-state index in [9.17, 15) is 10.1 Å². The van der Waals surface area contributed by atoms with Crippen molar-refractivity contribution >= 4 is 5.91 Å². The first-order valence-corrected chi connectivity index (χ1v) is 8.97. The van der Waals surface area contributed by atoms with Crippen molar-refractivity contribution < 1.29 is 19.0 Å². The summed E-state index contributed by atoms with van der Waals surface area (Å²) in [6.07, 6.45) is 2.15. The van der Waals surface area contributed by atoms with E-state index in [-0.39, 0.29) is 23.7 Å². The van der Waals surface area contributed by atoms with E-state index in [1.54, 1.807) is 19.1 Å². The van der Waals surface area contributed by atoms with Crippen molar-refractivity contribution in [1.29, 1.82) is 5.26 Å². The van der Waals surface area contributed by atoms with Gasteiger partial charge < -0.3 is 24.4 Å². The quantitative estimate of drug-likeness (QED) is 0.446. The van der Waals surface area contributed by atoms with Gasteiger partial charge in [-0.15, -0.1) is 0 Å². The molecule has 1 heterocycles. The molecule has 7 nitrogen and oxygen atoms in total. The summed E-state index contributed by atoms with van der Waals surface area (Å²) in [4.78, 5) is 14.2. The van der Waals surface area contributed by atoms with Crippen LogP contribution in [0.5, 0.6) is 11.5 Å². The highest BCUT2D eigenvalue weighted by Gasteiger charge is 2.27. The molecule has 7 heteroatoms. The number of nitrogens with zero attached hydrogens (tertiary/aromatic N) is 2. The maximum absolute atomic E-state index is 12.5. The zero-order valence-electron chi connectivity index (χ0n) is 16.3. The third kappa shape index (κ3) is 5.63. The molecule has 0 spiro atoms. The van der Waals surface area contributed by atoms with Gasteiger partial charge in [-0.2, -0.15) is 5.26 Å². The highest BCUT2D eigenvalue weighted by atomic mass is 16.5. The number of methoxy groups -OCH3 is 2. The lowest BCUT2D eigenvalue weighted by Gasteiger charge is -2.35. The van der Waals surface area contributed by atoms with Crippen LogP contribution in [0.15, 0.2) is 30.0 Å². The maximum atomic E-state index is 12.5. The molecule has 0 aliphatic carbocycles. The van der Waals surface area contributed by atoms with Gasteiger partial charge in [0.25, 0.3) is 5.91 Å². The summed E-state index contributed by atoms with van der Waals surface area (Å²) in [7, 11) is 3.20. The number of hydrogen-bond donors (Lipinski definition) is 1. The highest BCUT2D eigenvalue weighted by Crippen LogP contribution is 2.27. The Morgan fingerprint density at radius 1 is 1.30 bits per heavy atom. The third-order valence-corrected chi connectivity index (χ3v) is 4.31. The first-order valence-electron chi connectivity index (χ1n) is 8.97. The predicted octanol–water partition coefficient (Wildman–Crippen LogP) is 1.88. The second kappa shape index (κ2) is 9.83. The van der Waals surface area contributed by atoms with Crippen LogP contribution in [0.1, 0.15) is 19.4 Å². The largest absolute Gasteiger partial charge is 0.493 e. The predicted molar refractivity (Wildman–Crippen MR) is 102 cm³/mol. The number of nitrogens with one attached hydrogen (secondary N) is 1. The van der Waals surface area contributed by atoms with E-state index >= 15 is 0 Å². The summed E-state index contributed by atoms with van der Waals surface area (Å²) >= 11 is 0. The molecule has 1 amide bonds. The zero-order chi connectivity index (χ0) is 19.8. The van der Waals surface area contributed by atoms with Crippen molar-refractivity contribution in [3.63, 3.8) is 0 Å². The Kier molecular flexibility index (Phi) is 7.50. The van der Waals surface area contributed by atoms with E-state index < -0.39 is 0 Å². The number of ether oxygens (including phenoxy) is 3. The molecule has 1 aromatic carbocycles. The summed E-state index contributed by atoms with van der Waals surface area (Å²) in [6, 6.07) is 7.72. The Hall–Kier alpha value is -2.72. The van der Waals surface area contributed by atoms with E-state index in [1.807, 2.05) is 38.1 Å². The summed E-state index contributed by atoms with van der Waals surface area (Å²) in [6.45, 7) is 5.42. The van der Waals surface area contributed by atoms with Gasteiger partial charge in [0.15, 0.2) is 11.5 Å². The van der Waals surface area contributed by atoms with E-state index in [0.717, 1.165) is 12.0 Å². The number of benzene rings is 1. The van der Waals surface area contributed by atoms with Crippen LogP contribution in [0, 0.1) is 11.3 Å². The van der Waals surface area contributed by atoms with Gasteiger partial charge in [0.05, 0.1) is 26.4 Å². The average Bonchev–Trinajstić information content (AvgIpc) is 2.66. The Morgan fingerprint density at radius 2 is 1.96 bits per heavy atom. The fraction of sp³-hybridized carbons (Fsp3) is 0.500. The molecule has 2 atom stereocenters. The van der Waals surface area contributed by atoms with Gasteiger partial charge in [-0.25, -0.2) is 0 Å². The molecule has 146 valence electrons. The molecule has 2 unspecified atom stereocenters. The molecule has 2 rings (SSSR count). The molecule has 0 saturated carbocycles. The third-order valence-electron chi connectivity index (χ3n) is 4.31. The van der Waals surface area contributed by atoms with Crippen LogP contribution in [0.3, 0.4) is 0 Å². The molecule has 1 aliphatic heterocycles. The summed E-state index contributed by atoms with van der Waals surface area (Å²) in [5.74, 6) is 1.09. The molecule has 1 aliphatic rings. The van der Waals surface area contributed by atoms with Gasteiger partial charge in [0.1, 0.15) is 11.6 Å². The van der Waals surface area contributed by atoms with Crippen molar-refractivity contribution in [2.45, 2.75) is 32.5 Å². The molecular formula is C20H27N3O4. The van der Waals surface area contributed by atoms with E-state index in [4.69, 9.17) is 14.2 Å². The molecule has 27 heavy (non-hydrogen) atoms.